The lowest BCUT2D eigenvalue weighted by Gasteiger charge is -2.14. The maximum Gasteiger partial charge on any atom is 0.183 e. The van der Waals surface area contributed by atoms with Crippen molar-refractivity contribution in [1.29, 1.82) is 0 Å². The molecule has 1 unspecified atom stereocenters. The molecule has 16 heavy (non-hydrogen) atoms. The van der Waals surface area contributed by atoms with E-state index in [0.717, 1.165) is 5.56 Å². The molecule has 0 spiro atoms. The van der Waals surface area contributed by atoms with Crippen LogP contribution in [-0.2, 0) is 9.47 Å². The summed E-state index contributed by atoms with van der Waals surface area (Å²) in [6.07, 6.45) is -1.09. The second kappa shape index (κ2) is 6.48. The van der Waals surface area contributed by atoms with Crippen LogP contribution in [-0.4, -0.2) is 32.0 Å². The van der Waals surface area contributed by atoms with Crippen LogP contribution in [0, 0.1) is 6.92 Å². The van der Waals surface area contributed by atoms with Gasteiger partial charge in [-0.05, 0) is 19.1 Å². The molecule has 0 fully saturated rings. The van der Waals surface area contributed by atoms with Gasteiger partial charge in [-0.15, -0.1) is 0 Å². The van der Waals surface area contributed by atoms with Gasteiger partial charge in [0, 0.05) is 19.8 Å². The maximum absolute atomic E-state index is 8.96. The number of benzene rings is 1. The highest BCUT2D eigenvalue weighted by Gasteiger charge is 2.08. The summed E-state index contributed by atoms with van der Waals surface area (Å²) in [4.78, 5) is 0. The van der Waals surface area contributed by atoms with Crippen LogP contribution in [0.4, 0.5) is 0 Å². The second-order valence-electron chi connectivity index (χ2n) is 3.34. The summed E-state index contributed by atoms with van der Waals surface area (Å²) in [5.41, 5.74) is 0.910. The van der Waals surface area contributed by atoms with Crippen molar-refractivity contribution in [2.75, 3.05) is 20.8 Å². The Bertz CT molecular complexity index is 290. The fourth-order valence-corrected chi connectivity index (χ4v) is 1.28. The zero-order valence-electron chi connectivity index (χ0n) is 9.55. The highest BCUT2D eigenvalue weighted by Crippen LogP contribution is 2.20. The summed E-state index contributed by atoms with van der Waals surface area (Å²) in [5.74, 6) is 0.678. The molecule has 0 aliphatic rings. The van der Waals surface area contributed by atoms with Crippen molar-refractivity contribution in [3.63, 3.8) is 0 Å². The summed E-state index contributed by atoms with van der Waals surface area (Å²) in [7, 11) is 3.16. The van der Waals surface area contributed by atoms with Crippen LogP contribution in [0.5, 0.6) is 5.75 Å². The van der Waals surface area contributed by atoms with Crippen LogP contribution < -0.4 is 4.74 Å². The Morgan fingerprint density at radius 3 is 2.19 bits per heavy atom. The van der Waals surface area contributed by atoms with E-state index in [-0.39, 0.29) is 12.9 Å². The molecule has 1 radical (unpaired) electrons. The number of hydrogen-bond acceptors (Lipinski definition) is 4. The molecule has 0 saturated carbocycles. The monoisotopic (exact) mass is 225 g/mol. The van der Waals surface area contributed by atoms with Crippen molar-refractivity contribution in [3.8, 4) is 5.75 Å². The van der Waals surface area contributed by atoms with Crippen LogP contribution in [0.15, 0.2) is 24.3 Å². The molecule has 0 saturated heterocycles. The van der Waals surface area contributed by atoms with E-state index in [2.05, 4.69) is 6.92 Å². The van der Waals surface area contributed by atoms with Gasteiger partial charge in [0.05, 0.1) is 6.10 Å². The normalized spacial score (nSPS) is 12.8. The van der Waals surface area contributed by atoms with Crippen LogP contribution in [0.3, 0.4) is 0 Å². The van der Waals surface area contributed by atoms with E-state index in [1.165, 1.54) is 0 Å². The van der Waals surface area contributed by atoms with E-state index >= 15 is 0 Å². The first kappa shape index (κ1) is 13.0. The first-order valence-corrected chi connectivity index (χ1v) is 4.97. The fourth-order valence-electron chi connectivity index (χ4n) is 1.28. The highest BCUT2D eigenvalue weighted by atomic mass is 16.7. The van der Waals surface area contributed by atoms with E-state index in [1.807, 2.05) is 12.1 Å². The molecule has 0 aliphatic heterocycles. The minimum Gasteiger partial charge on any atom is -0.491 e. The molecule has 0 amide bonds. The molecule has 0 aliphatic carbocycles. The zero-order valence-corrected chi connectivity index (χ0v) is 9.55. The van der Waals surface area contributed by atoms with Crippen LogP contribution in [0.2, 0.25) is 0 Å². The van der Waals surface area contributed by atoms with Crippen molar-refractivity contribution in [1.82, 2.24) is 0 Å². The van der Waals surface area contributed by atoms with Gasteiger partial charge in [-0.1, -0.05) is 12.1 Å². The second-order valence-corrected chi connectivity index (χ2v) is 3.34. The predicted octanol–water partition coefficient (Wildman–Crippen LogP) is 1.55. The largest absolute Gasteiger partial charge is 0.491 e. The summed E-state index contributed by atoms with van der Waals surface area (Å²) in [6, 6.07) is 7.29. The van der Waals surface area contributed by atoms with Crippen LogP contribution in [0.1, 0.15) is 11.9 Å². The first-order chi connectivity index (χ1) is 7.67. The summed E-state index contributed by atoms with van der Waals surface area (Å²) in [5, 5.41) is 8.96. The van der Waals surface area contributed by atoms with Crippen molar-refractivity contribution in [2.24, 2.45) is 0 Å². The van der Waals surface area contributed by atoms with E-state index in [4.69, 9.17) is 19.3 Å². The van der Waals surface area contributed by atoms with Gasteiger partial charge in [-0.2, -0.15) is 0 Å². The van der Waals surface area contributed by atoms with Gasteiger partial charge in [0.25, 0.3) is 0 Å². The number of methoxy groups -OCH3 is 2. The Kier molecular flexibility index (Phi) is 5.25. The molecule has 89 valence electrons. The minimum absolute atomic E-state index is 0.178. The molecular formula is C12H17O4. The third-order valence-electron chi connectivity index (χ3n) is 2.02. The average Bonchev–Trinajstić information content (AvgIpc) is 2.29. The van der Waals surface area contributed by atoms with Gasteiger partial charge in [0.1, 0.15) is 12.4 Å². The Morgan fingerprint density at radius 2 is 1.75 bits per heavy atom. The van der Waals surface area contributed by atoms with Gasteiger partial charge in [0.2, 0.25) is 0 Å². The molecule has 4 nitrogen and oxygen atoms in total. The summed E-state index contributed by atoms with van der Waals surface area (Å²) < 4.78 is 15.5. The van der Waals surface area contributed by atoms with Gasteiger partial charge in [-0.3, -0.25) is 0 Å². The maximum atomic E-state index is 8.96. The summed E-state index contributed by atoms with van der Waals surface area (Å²) in [6.45, 7) is 3.59. The lowest BCUT2D eigenvalue weighted by atomic mass is 10.2. The molecule has 4 heteroatoms. The van der Waals surface area contributed by atoms with Crippen LogP contribution >= 0.6 is 0 Å². The number of aliphatic hydroxyl groups excluding tert-OH is 1. The molecule has 1 aromatic rings. The van der Waals surface area contributed by atoms with Crippen molar-refractivity contribution in [3.05, 3.63) is 36.8 Å². The quantitative estimate of drug-likeness (QED) is 0.746. The number of ether oxygens (including phenoxy) is 3. The molecule has 0 bridgehead atoms. The SMILES string of the molecule is [CH2]C(O)COc1ccc(C(OC)OC)cc1. The number of rotatable bonds is 6. The van der Waals surface area contributed by atoms with E-state index in [1.54, 1.807) is 26.4 Å². The van der Waals surface area contributed by atoms with Crippen molar-refractivity contribution >= 4 is 0 Å². The Labute approximate surface area is 95.8 Å². The van der Waals surface area contributed by atoms with E-state index in [9.17, 15) is 0 Å². The lowest BCUT2D eigenvalue weighted by Crippen LogP contribution is -2.13. The van der Waals surface area contributed by atoms with E-state index in [0.29, 0.717) is 5.75 Å². The summed E-state index contributed by atoms with van der Waals surface area (Å²) >= 11 is 0. The van der Waals surface area contributed by atoms with Gasteiger partial charge in [-0.25, -0.2) is 0 Å². The molecule has 1 N–H and O–H groups in total. The zero-order chi connectivity index (χ0) is 12.0. The molecule has 1 rings (SSSR count). The Balaban J connectivity index is 2.60. The lowest BCUT2D eigenvalue weighted by molar-refractivity contribution is -0.106. The molecule has 1 atom stereocenters. The highest BCUT2D eigenvalue weighted by molar-refractivity contribution is 5.28. The molecule has 0 aromatic heterocycles. The fraction of sp³-hybridized carbons (Fsp3) is 0.417. The minimum atomic E-state index is -0.717. The van der Waals surface area contributed by atoms with Crippen LogP contribution in [0.25, 0.3) is 0 Å². The third-order valence-corrected chi connectivity index (χ3v) is 2.02. The van der Waals surface area contributed by atoms with E-state index < -0.39 is 6.10 Å². The average molecular weight is 225 g/mol. The molecule has 0 heterocycles. The van der Waals surface area contributed by atoms with Gasteiger partial charge in [0.15, 0.2) is 6.29 Å². The predicted molar refractivity (Wildman–Crippen MR) is 60.1 cm³/mol. The molecule has 1 aromatic carbocycles. The Morgan fingerprint density at radius 1 is 1.19 bits per heavy atom. The molecular weight excluding hydrogens is 208 g/mol. The van der Waals surface area contributed by atoms with Crippen molar-refractivity contribution < 1.29 is 19.3 Å². The number of aliphatic hydroxyl groups is 1. The standard InChI is InChI=1S/C12H17O4/c1-9(13)8-16-11-6-4-10(5-7-11)12(14-2)15-3/h4-7,9,12-13H,1,8H2,2-3H3. The van der Waals surface area contributed by atoms with Crippen molar-refractivity contribution in [2.45, 2.75) is 12.4 Å². The number of hydrogen-bond donors (Lipinski definition) is 1. The topological polar surface area (TPSA) is 47.9 Å². The third kappa shape index (κ3) is 3.81. The Hall–Kier alpha value is -1.10. The van der Waals surface area contributed by atoms with Gasteiger partial charge < -0.3 is 19.3 Å². The smallest absolute Gasteiger partial charge is 0.183 e. The van der Waals surface area contributed by atoms with Gasteiger partial charge >= 0.3 is 0 Å². The first-order valence-electron chi connectivity index (χ1n) is 4.97.